The molecule has 6 heteroatoms. The van der Waals surface area contributed by atoms with Gasteiger partial charge in [-0.05, 0) is 37.4 Å². The molecule has 1 saturated heterocycles. The van der Waals surface area contributed by atoms with Crippen LogP contribution in [0.1, 0.15) is 31.7 Å². The SMILES string of the molecule is CC1CCCNC1c1nc(-c2ncccc2Cl)no1. The van der Waals surface area contributed by atoms with E-state index in [0.717, 1.165) is 6.54 Å². The van der Waals surface area contributed by atoms with E-state index in [-0.39, 0.29) is 6.04 Å². The molecule has 2 aromatic heterocycles. The van der Waals surface area contributed by atoms with Crippen LogP contribution in [-0.2, 0) is 0 Å². The Kier molecular flexibility index (Phi) is 3.48. The first-order valence-electron chi connectivity index (χ1n) is 6.43. The van der Waals surface area contributed by atoms with E-state index in [9.17, 15) is 0 Å². The van der Waals surface area contributed by atoms with Gasteiger partial charge in [-0.15, -0.1) is 0 Å². The zero-order valence-electron chi connectivity index (χ0n) is 10.6. The lowest BCUT2D eigenvalue weighted by atomic mass is 9.93. The molecule has 0 spiro atoms. The van der Waals surface area contributed by atoms with Crippen molar-refractivity contribution in [2.24, 2.45) is 5.92 Å². The van der Waals surface area contributed by atoms with Crippen LogP contribution in [0, 0.1) is 5.92 Å². The zero-order chi connectivity index (χ0) is 13.2. The summed E-state index contributed by atoms with van der Waals surface area (Å²) >= 11 is 6.08. The van der Waals surface area contributed by atoms with Crippen LogP contribution in [0.2, 0.25) is 5.02 Å². The number of pyridine rings is 1. The summed E-state index contributed by atoms with van der Waals surface area (Å²) in [6.07, 6.45) is 4.02. The van der Waals surface area contributed by atoms with Gasteiger partial charge in [0.1, 0.15) is 5.69 Å². The molecule has 2 atom stereocenters. The fraction of sp³-hybridized carbons (Fsp3) is 0.462. The molecule has 0 aliphatic carbocycles. The first-order valence-corrected chi connectivity index (χ1v) is 6.81. The number of nitrogens with zero attached hydrogens (tertiary/aromatic N) is 3. The molecular formula is C13H15ClN4O. The predicted octanol–water partition coefficient (Wildman–Crippen LogP) is 2.85. The van der Waals surface area contributed by atoms with Crippen LogP contribution in [0.4, 0.5) is 0 Å². The molecule has 2 unspecified atom stereocenters. The summed E-state index contributed by atoms with van der Waals surface area (Å²) in [6, 6.07) is 3.66. The second-order valence-electron chi connectivity index (χ2n) is 4.84. The molecule has 2 aromatic rings. The average Bonchev–Trinajstić information content (AvgIpc) is 2.89. The van der Waals surface area contributed by atoms with E-state index in [1.165, 1.54) is 12.8 Å². The third-order valence-electron chi connectivity index (χ3n) is 3.45. The highest BCUT2D eigenvalue weighted by molar-refractivity contribution is 6.32. The van der Waals surface area contributed by atoms with Crippen LogP contribution in [0.25, 0.3) is 11.5 Å². The van der Waals surface area contributed by atoms with Crippen molar-refractivity contribution >= 4 is 11.6 Å². The topological polar surface area (TPSA) is 63.8 Å². The second-order valence-corrected chi connectivity index (χ2v) is 5.25. The van der Waals surface area contributed by atoms with Gasteiger partial charge in [0.05, 0.1) is 11.1 Å². The molecular weight excluding hydrogens is 264 g/mol. The Labute approximate surface area is 116 Å². The van der Waals surface area contributed by atoms with Gasteiger partial charge in [-0.1, -0.05) is 23.7 Å². The third kappa shape index (κ3) is 2.48. The number of rotatable bonds is 2. The van der Waals surface area contributed by atoms with Gasteiger partial charge < -0.3 is 9.84 Å². The number of aromatic nitrogens is 3. The van der Waals surface area contributed by atoms with Crippen molar-refractivity contribution in [3.05, 3.63) is 29.2 Å². The van der Waals surface area contributed by atoms with Crippen molar-refractivity contribution in [1.29, 1.82) is 0 Å². The van der Waals surface area contributed by atoms with Crippen LogP contribution in [0.15, 0.2) is 22.9 Å². The lowest BCUT2D eigenvalue weighted by molar-refractivity contribution is 0.239. The van der Waals surface area contributed by atoms with E-state index in [2.05, 4.69) is 27.4 Å². The van der Waals surface area contributed by atoms with Gasteiger partial charge in [-0.3, -0.25) is 4.98 Å². The van der Waals surface area contributed by atoms with Gasteiger partial charge in [-0.2, -0.15) is 4.98 Å². The Morgan fingerprint density at radius 1 is 1.47 bits per heavy atom. The van der Waals surface area contributed by atoms with Crippen LogP contribution < -0.4 is 5.32 Å². The summed E-state index contributed by atoms with van der Waals surface area (Å²) < 4.78 is 5.36. The molecule has 1 N–H and O–H groups in total. The molecule has 19 heavy (non-hydrogen) atoms. The standard InChI is InChI=1S/C13H15ClN4O/c1-8-4-2-6-15-10(8)13-17-12(18-19-13)11-9(14)5-3-7-16-11/h3,5,7-8,10,15H,2,4,6H2,1H3. The van der Waals surface area contributed by atoms with Crippen LogP contribution in [0.3, 0.4) is 0 Å². The zero-order valence-corrected chi connectivity index (χ0v) is 11.4. The molecule has 1 fully saturated rings. The van der Waals surface area contributed by atoms with E-state index >= 15 is 0 Å². The summed E-state index contributed by atoms with van der Waals surface area (Å²) in [5.41, 5.74) is 0.558. The van der Waals surface area contributed by atoms with Crippen LogP contribution in [0.5, 0.6) is 0 Å². The van der Waals surface area contributed by atoms with Gasteiger partial charge in [0, 0.05) is 6.20 Å². The molecule has 1 aliphatic heterocycles. The van der Waals surface area contributed by atoms with Crippen LogP contribution in [-0.4, -0.2) is 21.7 Å². The van der Waals surface area contributed by atoms with E-state index < -0.39 is 0 Å². The summed E-state index contributed by atoms with van der Waals surface area (Å²) in [6.45, 7) is 3.17. The minimum absolute atomic E-state index is 0.123. The van der Waals surface area contributed by atoms with E-state index in [1.54, 1.807) is 18.3 Å². The van der Waals surface area contributed by atoms with Crippen LogP contribution >= 0.6 is 11.6 Å². The average molecular weight is 279 g/mol. The highest BCUT2D eigenvalue weighted by Gasteiger charge is 2.28. The molecule has 3 heterocycles. The molecule has 5 nitrogen and oxygen atoms in total. The van der Waals surface area contributed by atoms with E-state index in [0.29, 0.717) is 28.3 Å². The van der Waals surface area contributed by atoms with Gasteiger partial charge in [0.2, 0.25) is 11.7 Å². The molecule has 0 amide bonds. The van der Waals surface area contributed by atoms with Crippen molar-refractivity contribution in [2.45, 2.75) is 25.8 Å². The number of nitrogens with one attached hydrogen (secondary N) is 1. The molecule has 100 valence electrons. The van der Waals surface area contributed by atoms with Crippen molar-refractivity contribution in [3.63, 3.8) is 0 Å². The van der Waals surface area contributed by atoms with Gasteiger partial charge in [-0.25, -0.2) is 0 Å². The van der Waals surface area contributed by atoms with Gasteiger partial charge >= 0.3 is 0 Å². The van der Waals surface area contributed by atoms with Gasteiger partial charge in [0.25, 0.3) is 0 Å². The van der Waals surface area contributed by atoms with Crippen molar-refractivity contribution in [1.82, 2.24) is 20.4 Å². The number of piperidine rings is 1. The fourth-order valence-electron chi connectivity index (χ4n) is 2.39. The normalized spacial score (nSPS) is 23.5. The predicted molar refractivity (Wildman–Crippen MR) is 71.7 cm³/mol. The maximum absolute atomic E-state index is 6.08. The van der Waals surface area contributed by atoms with Crippen molar-refractivity contribution in [2.75, 3.05) is 6.54 Å². The molecule has 1 aliphatic rings. The third-order valence-corrected chi connectivity index (χ3v) is 3.75. The molecule has 0 radical (unpaired) electrons. The Morgan fingerprint density at radius 2 is 2.37 bits per heavy atom. The highest BCUT2D eigenvalue weighted by atomic mass is 35.5. The van der Waals surface area contributed by atoms with Crippen molar-refractivity contribution in [3.8, 4) is 11.5 Å². The Hall–Kier alpha value is -1.46. The molecule has 0 saturated carbocycles. The highest BCUT2D eigenvalue weighted by Crippen LogP contribution is 2.29. The largest absolute Gasteiger partial charge is 0.337 e. The Bertz CT molecular complexity index is 571. The Balaban J connectivity index is 1.89. The first kappa shape index (κ1) is 12.6. The number of hydrogen-bond acceptors (Lipinski definition) is 5. The number of halogens is 1. The number of hydrogen-bond donors (Lipinski definition) is 1. The quantitative estimate of drug-likeness (QED) is 0.915. The first-order chi connectivity index (χ1) is 9.25. The van der Waals surface area contributed by atoms with Gasteiger partial charge in [0.15, 0.2) is 0 Å². The minimum atomic E-state index is 0.123. The summed E-state index contributed by atoms with van der Waals surface area (Å²) in [5.74, 6) is 1.55. The smallest absolute Gasteiger partial charge is 0.244 e. The maximum atomic E-state index is 6.08. The van der Waals surface area contributed by atoms with Crippen molar-refractivity contribution < 1.29 is 4.52 Å². The molecule has 0 bridgehead atoms. The molecule has 0 aromatic carbocycles. The monoisotopic (exact) mass is 278 g/mol. The lowest BCUT2D eigenvalue weighted by Crippen LogP contribution is -2.33. The molecule has 3 rings (SSSR count). The second kappa shape index (κ2) is 5.27. The lowest BCUT2D eigenvalue weighted by Gasteiger charge is -2.26. The summed E-state index contributed by atoms with van der Waals surface area (Å²) in [7, 11) is 0. The maximum Gasteiger partial charge on any atom is 0.244 e. The summed E-state index contributed by atoms with van der Waals surface area (Å²) in [5, 5.41) is 7.93. The van der Waals surface area contributed by atoms with E-state index in [1.807, 2.05) is 0 Å². The fourth-order valence-corrected chi connectivity index (χ4v) is 2.59. The summed E-state index contributed by atoms with van der Waals surface area (Å²) in [4.78, 5) is 8.62. The van der Waals surface area contributed by atoms with E-state index in [4.69, 9.17) is 16.1 Å². The Morgan fingerprint density at radius 3 is 3.16 bits per heavy atom. The minimum Gasteiger partial charge on any atom is -0.337 e.